The molecule has 0 saturated heterocycles. The van der Waals surface area contributed by atoms with Gasteiger partial charge in [0, 0.05) is 42.0 Å². The van der Waals surface area contributed by atoms with Gasteiger partial charge in [-0.2, -0.15) is 5.10 Å². The smallest absolute Gasteiger partial charge is 0.269 e. The van der Waals surface area contributed by atoms with E-state index in [1.54, 1.807) is 49.5 Å². The molecular formula is C23H22N4O3S. The summed E-state index contributed by atoms with van der Waals surface area (Å²) < 4.78 is 12.3. The molecule has 1 N–H and O–H groups in total. The van der Waals surface area contributed by atoms with Crippen LogP contribution in [0.2, 0.25) is 0 Å². The Morgan fingerprint density at radius 2 is 2.00 bits per heavy atom. The van der Waals surface area contributed by atoms with E-state index in [4.69, 9.17) is 9.47 Å². The van der Waals surface area contributed by atoms with E-state index in [9.17, 15) is 4.79 Å². The summed E-state index contributed by atoms with van der Waals surface area (Å²) in [5.74, 6) is 1.12. The zero-order chi connectivity index (χ0) is 21.8. The van der Waals surface area contributed by atoms with E-state index in [-0.39, 0.29) is 5.91 Å². The number of pyridine rings is 1. The fourth-order valence-electron chi connectivity index (χ4n) is 3.26. The number of hydrogen-bond acceptors (Lipinski definition) is 6. The van der Waals surface area contributed by atoms with Crippen molar-refractivity contribution in [1.29, 1.82) is 0 Å². The van der Waals surface area contributed by atoms with E-state index in [0.29, 0.717) is 29.4 Å². The maximum Gasteiger partial charge on any atom is 0.269 e. The first-order chi connectivity index (χ1) is 15.1. The summed E-state index contributed by atoms with van der Waals surface area (Å²) in [4.78, 5) is 18.3. The Kier molecular flexibility index (Phi) is 5.99. The number of aryl methyl sites for hydroxylation is 1. The first-order valence-corrected chi connectivity index (χ1v) is 10.5. The average Bonchev–Trinajstić information content (AvgIpc) is 3.47. The molecule has 1 amide bonds. The highest BCUT2D eigenvalue weighted by atomic mass is 32.1. The van der Waals surface area contributed by atoms with Crippen LogP contribution in [0.4, 0.5) is 0 Å². The first kappa shape index (κ1) is 20.6. The number of thiophene rings is 1. The lowest BCUT2D eigenvalue weighted by Crippen LogP contribution is -2.25. The number of hydrogen-bond donors (Lipinski definition) is 1. The summed E-state index contributed by atoms with van der Waals surface area (Å²) in [7, 11) is 4.94. The summed E-state index contributed by atoms with van der Waals surface area (Å²) in [6, 6.07) is 13.3. The molecule has 7 nitrogen and oxygen atoms in total. The molecule has 0 aliphatic carbocycles. The van der Waals surface area contributed by atoms with Crippen LogP contribution in [0.1, 0.15) is 16.1 Å². The molecule has 1 aromatic carbocycles. The number of ether oxygens (including phenoxy) is 2. The lowest BCUT2D eigenvalue weighted by Gasteiger charge is -2.08. The van der Waals surface area contributed by atoms with Crippen LogP contribution in [0.5, 0.6) is 11.5 Å². The molecule has 0 saturated carbocycles. The van der Waals surface area contributed by atoms with E-state index < -0.39 is 0 Å². The number of carbonyl (C=O) groups excluding carboxylic acids is 1. The highest BCUT2D eigenvalue weighted by Crippen LogP contribution is 2.33. The number of aromatic nitrogens is 3. The van der Waals surface area contributed by atoms with Crippen molar-refractivity contribution in [3.05, 3.63) is 71.5 Å². The van der Waals surface area contributed by atoms with Gasteiger partial charge in [-0.25, -0.2) is 0 Å². The number of nitrogens with one attached hydrogen (secondary N) is 1. The van der Waals surface area contributed by atoms with Gasteiger partial charge in [0.25, 0.3) is 5.91 Å². The minimum Gasteiger partial charge on any atom is -0.497 e. The van der Waals surface area contributed by atoms with E-state index >= 15 is 0 Å². The second-order valence-electron chi connectivity index (χ2n) is 6.85. The van der Waals surface area contributed by atoms with Crippen LogP contribution in [0, 0.1) is 0 Å². The molecular weight excluding hydrogens is 412 g/mol. The summed E-state index contributed by atoms with van der Waals surface area (Å²) in [5.41, 5.74) is 3.79. The minimum absolute atomic E-state index is 0.218. The summed E-state index contributed by atoms with van der Waals surface area (Å²) in [6.07, 6.45) is 3.58. The van der Waals surface area contributed by atoms with E-state index in [1.165, 1.54) is 0 Å². The third-order valence-corrected chi connectivity index (χ3v) is 5.77. The summed E-state index contributed by atoms with van der Waals surface area (Å²) in [6.45, 7) is 0.369. The normalized spacial score (nSPS) is 10.7. The molecule has 0 aliphatic rings. The number of carbonyl (C=O) groups is 1. The molecule has 158 valence electrons. The highest BCUT2D eigenvalue weighted by molar-refractivity contribution is 7.13. The van der Waals surface area contributed by atoms with Crippen molar-refractivity contribution in [3.63, 3.8) is 0 Å². The Morgan fingerprint density at radius 3 is 2.74 bits per heavy atom. The predicted molar refractivity (Wildman–Crippen MR) is 120 cm³/mol. The third-order valence-electron chi connectivity index (χ3n) is 4.85. The van der Waals surface area contributed by atoms with Crippen LogP contribution >= 0.6 is 11.3 Å². The van der Waals surface area contributed by atoms with E-state index in [1.807, 2.05) is 48.0 Å². The first-order valence-electron chi connectivity index (χ1n) is 9.61. The van der Waals surface area contributed by atoms with Crippen LogP contribution < -0.4 is 14.8 Å². The zero-order valence-electron chi connectivity index (χ0n) is 17.5. The SMILES string of the molecule is COc1ccc(OC)c(-c2cc(C(=O)NCc3cncc(-c4cccs4)c3)n(C)n2)c1. The van der Waals surface area contributed by atoms with Crippen molar-refractivity contribution in [2.75, 3.05) is 14.2 Å². The maximum atomic E-state index is 12.8. The van der Waals surface area contributed by atoms with Crippen LogP contribution in [0.3, 0.4) is 0 Å². The molecule has 4 rings (SSSR count). The van der Waals surface area contributed by atoms with E-state index in [0.717, 1.165) is 21.6 Å². The number of methoxy groups -OCH3 is 2. The molecule has 31 heavy (non-hydrogen) atoms. The molecule has 0 atom stereocenters. The quantitative estimate of drug-likeness (QED) is 0.473. The van der Waals surface area contributed by atoms with Crippen LogP contribution in [-0.2, 0) is 13.6 Å². The Bertz CT molecular complexity index is 1200. The largest absolute Gasteiger partial charge is 0.497 e. The molecule has 8 heteroatoms. The molecule has 0 spiro atoms. The minimum atomic E-state index is -0.218. The third kappa shape index (κ3) is 4.44. The standard InChI is InChI=1S/C23H22N4O3S/c1-27-20(11-19(26-27)18-10-17(29-2)6-7-21(18)30-3)23(28)25-13-15-9-16(14-24-12-15)22-5-4-8-31-22/h4-12,14H,13H2,1-3H3,(H,25,28). The monoisotopic (exact) mass is 434 g/mol. The topological polar surface area (TPSA) is 78.3 Å². The number of benzene rings is 1. The zero-order valence-corrected chi connectivity index (χ0v) is 18.3. The lowest BCUT2D eigenvalue weighted by atomic mass is 10.1. The van der Waals surface area contributed by atoms with Gasteiger partial charge in [-0.15, -0.1) is 11.3 Å². The second-order valence-corrected chi connectivity index (χ2v) is 7.79. The van der Waals surface area contributed by atoms with Crippen molar-refractivity contribution in [1.82, 2.24) is 20.1 Å². The molecule has 3 aromatic heterocycles. The molecule has 0 unspecified atom stereocenters. The molecule has 4 aromatic rings. The Hall–Kier alpha value is -3.65. The fourth-order valence-corrected chi connectivity index (χ4v) is 3.97. The summed E-state index contributed by atoms with van der Waals surface area (Å²) in [5, 5.41) is 9.48. The fraction of sp³-hybridized carbons (Fsp3) is 0.174. The van der Waals surface area contributed by atoms with Crippen LogP contribution in [0.25, 0.3) is 21.7 Å². The summed E-state index contributed by atoms with van der Waals surface area (Å²) >= 11 is 1.66. The maximum absolute atomic E-state index is 12.8. The van der Waals surface area contributed by atoms with Gasteiger partial charge < -0.3 is 14.8 Å². The van der Waals surface area contributed by atoms with Gasteiger partial charge in [-0.1, -0.05) is 6.07 Å². The van der Waals surface area contributed by atoms with Crippen LogP contribution in [0.15, 0.2) is 60.2 Å². The molecule has 3 heterocycles. The number of rotatable bonds is 7. The Morgan fingerprint density at radius 1 is 1.13 bits per heavy atom. The Labute approximate surface area is 184 Å². The van der Waals surface area contributed by atoms with Crippen molar-refractivity contribution >= 4 is 17.2 Å². The average molecular weight is 435 g/mol. The van der Waals surface area contributed by atoms with Crippen molar-refractivity contribution in [2.24, 2.45) is 7.05 Å². The lowest BCUT2D eigenvalue weighted by molar-refractivity contribution is 0.0941. The van der Waals surface area contributed by atoms with Gasteiger partial charge >= 0.3 is 0 Å². The van der Waals surface area contributed by atoms with Gasteiger partial charge in [-0.3, -0.25) is 14.5 Å². The number of nitrogens with zero attached hydrogens (tertiary/aromatic N) is 3. The van der Waals surface area contributed by atoms with Crippen molar-refractivity contribution < 1.29 is 14.3 Å². The van der Waals surface area contributed by atoms with Gasteiger partial charge in [0.05, 0.1) is 19.9 Å². The molecule has 0 fully saturated rings. The van der Waals surface area contributed by atoms with Gasteiger partial charge in [0.15, 0.2) is 0 Å². The Balaban J connectivity index is 1.52. The predicted octanol–water partition coefficient (Wildman–Crippen LogP) is 4.16. The van der Waals surface area contributed by atoms with Gasteiger partial charge in [0.2, 0.25) is 0 Å². The molecule has 0 bridgehead atoms. The van der Waals surface area contributed by atoms with Crippen molar-refractivity contribution in [2.45, 2.75) is 6.54 Å². The second kappa shape index (κ2) is 9.01. The number of amides is 1. The van der Waals surface area contributed by atoms with E-state index in [2.05, 4.69) is 15.4 Å². The van der Waals surface area contributed by atoms with Crippen molar-refractivity contribution in [3.8, 4) is 33.2 Å². The highest BCUT2D eigenvalue weighted by Gasteiger charge is 2.17. The molecule has 0 aliphatic heterocycles. The van der Waals surface area contributed by atoms with Crippen LogP contribution in [-0.4, -0.2) is 34.9 Å². The molecule has 0 radical (unpaired) electrons. The van der Waals surface area contributed by atoms with Gasteiger partial charge in [-0.05, 0) is 47.3 Å². The van der Waals surface area contributed by atoms with Gasteiger partial charge in [0.1, 0.15) is 17.2 Å².